The number of hydrogen-bond acceptors (Lipinski definition) is 3. The van der Waals surface area contributed by atoms with Gasteiger partial charge < -0.3 is 15.5 Å². The summed E-state index contributed by atoms with van der Waals surface area (Å²) in [7, 11) is 0. The third-order valence-corrected chi connectivity index (χ3v) is 4.48. The van der Waals surface area contributed by atoms with Gasteiger partial charge >= 0.3 is 0 Å². The second-order valence-electron chi connectivity index (χ2n) is 5.99. The lowest BCUT2D eigenvalue weighted by Gasteiger charge is -2.35. The van der Waals surface area contributed by atoms with Gasteiger partial charge in [-0.3, -0.25) is 4.79 Å². The smallest absolute Gasteiger partial charge is 0.238 e. The lowest BCUT2D eigenvalue weighted by atomic mass is 9.97. The molecule has 3 rings (SSSR count). The highest BCUT2D eigenvalue weighted by Crippen LogP contribution is 2.26. The van der Waals surface area contributed by atoms with Crippen LogP contribution in [0.15, 0.2) is 24.3 Å². The van der Waals surface area contributed by atoms with E-state index in [-0.39, 0.29) is 18.3 Å². The molecule has 2 atom stereocenters. The van der Waals surface area contributed by atoms with Crippen molar-refractivity contribution in [1.29, 1.82) is 0 Å². The normalized spacial score (nSPS) is 25.6. The van der Waals surface area contributed by atoms with E-state index in [1.165, 1.54) is 31.5 Å². The van der Waals surface area contributed by atoms with Crippen molar-refractivity contribution in [3.63, 3.8) is 0 Å². The lowest BCUT2D eigenvalue weighted by molar-refractivity contribution is -0.115. The first kappa shape index (κ1) is 14.5. The zero-order valence-corrected chi connectivity index (χ0v) is 12.1. The van der Waals surface area contributed by atoms with Crippen LogP contribution in [-0.4, -0.2) is 42.5 Å². The Morgan fingerprint density at radius 3 is 3.10 bits per heavy atom. The monoisotopic (exact) mass is 291 g/mol. The van der Waals surface area contributed by atoms with Crippen molar-refractivity contribution >= 4 is 11.6 Å². The molecule has 0 aromatic heterocycles. The number of anilines is 1. The van der Waals surface area contributed by atoms with Crippen molar-refractivity contribution in [2.45, 2.75) is 37.8 Å². The van der Waals surface area contributed by atoms with Crippen LogP contribution in [0.3, 0.4) is 0 Å². The molecule has 21 heavy (non-hydrogen) atoms. The fourth-order valence-electron chi connectivity index (χ4n) is 3.42. The summed E-state index contributed by atoms with van der Waals surface area (Å²) < 4.78 is 13.0. The molecule has 1 aromatic carbocycles. The second kappa shape index (κ2) is 6.54. The molecule has 0 radical (unpaired) electrons. The van der Waals surface area contributed by atoms with E-state index in [1.807, 2.05) is 0 Å². The van der Waals surface area contributed by atoms with Crippen LogP contribution in [0.4, 0.5) is 10.1 Å². The third-order valence-electron chi connectivity index (χ3n) is 4.48. The molecule has 1 aromatic rings. The van der Waals surface area contributed by atoms with Crippen LogP contribution in [-0.2, 0) is 4.79 Å². The summed E-state index contributed by atoms with van der Waals surface area (Å²) in [6, 6.07) is 7.09. The molecule has 2 aliphatic rings. The highest BCUT2D eigenvalue weighted by atomic mass is 19.1. The standard InChI is InChI=1S/C16H22FN3O/c17-12-3-1-4-14(9-12)19-16(21)11-18-13-6-8-20-7-2-5-15(20)10-13/h1,3-4,9,13,15,18H,2,5-8,10-11H2,(H,19,21). The van der Waals surface area contributed by atoms with Crippen molar-refractivity contribution in [1.82, 2.24) is 10.2 Å². The fraction of sp³-hybridized carbons (Fsp3) is 0.562. The number of fused-ring (bicyclic) bond motifs is 1. The van der Waals surface area contributed by atoms with Gasteiger partial charge in [0.25, 0.3) is 0 Å². The quantitative estimate of drug-likeness (QED) is 0.891. The lowest BCUT2D eigenvalue weighted by Crippen LogP contribution is -2.47. The van der Waals surface area contributed by atoms with Crippen LogP contribution in [0.2, 0.25) is 0 Å². The summed E-state index contributed by atoms with van der Waals surface area (Å²) in [5.41, 5.74) is 0.507. The molecule has 114 valence electrons. The van der Waals surface area contributed by atoms with Gasteiger partial charge in [0, 0.05) is 17.8 Å². The number of nitrogens with zero attached hydrogens (tertiary/aromatic N) is 1. The molecule has 0 aliphatic carbocycles. The van der Waals surface area contributed by atoms with E-state index in [0.29, 0.717) is 17.8 Å². The van der Waals surface area contributed by atoms with Gasteiger partial charge in [-0.25, -0.2) is 4.39 Å². The van der Waals surface area contributed by atoms with E-state index >= 15 is 0 Å². The minimum Gasteiger partial charge on any atom is -0.325 e. The summed E-state index contributed by atoms with van der Waals surface area (Å²) >= 11 is 0. The van der Waals surface area contributed by atoms with Gasteiger partial charge in [0.2, 0.25) is 5.91 Å². The SMILES string of the molecule is O=C(CNC1CCN2CCCC2C1)Nc1cccc(F)c1. The number of piperidine rings is 1. The first-order chi connectivity index (χ1) is 10.2. The molecule has 2 saturated heterocycles. The molecule has 1 amide bonds. The van der Waals surface area contributed by atoms with E-state index in [1.54, 1.807) is 12.1 Å². The van der Waals surface area contributed by atoms with Gasteiger partial charge in [-0.2, -0.15) is 0 Å². The van der Waals surface area contributed by atoms with Crippen LogP contribution in [0.1, 0.15) is 25.7 Å². The number of hydrogen-bond donors (Lipinski definition) is 2. The highest BCUT2D eigenvalue weighted by molar-refractivity contribution is 5.92. The number of nitrogens with one attached hydrogen (secondary N) is 2. The zero-order chi connectivity index (χ0) is 14.7. The van der Waals surface area contributed by atoms with Crippen molar-refractivity contribution < 1.29 is 9.18 Å². The summed E-state index contributed by atoms with van der Waals surface area (Å²) in [5.74, 6) is -0.455. The Morgan fingerprint density at radius 1 is 1.33 bits per heavy atom. The maximum absolute atomic E-state index is 13.0. The van der Waals surface area contributed by atoms with Crippen molar-refractivity contribution in [2.24, 2.45) is 0 Å². The van der Waals surface area contributed by atoms with Crippen LogP contribution >= 0.6 is 0 Å². The summed E-state index contributed by atoms with van der Waals surface area (Å²) in [6.45, 7) is 2.65. The summed E-state index contributed by atoms with van der Waals surface area (Å²) in [5, 5.41) is 6.05. The molecule has 2 N–H and O–H groups in total. The van der Waals surface area contributed by atoms with Crippen LogP contribution in [0, 0.1) is 5.82 Å². The Labute approximate surface area is 124 Å². The van der Waals surface area contributed by atoms with E-state index in [2.05, 4.69) is 15.5 Å². The molecule has 2 aliphatic heterocycles. The van der Waals surface area contributed by atoms with Crippen molar-refractivity contribution in [2.75, 3.05) is 25.0 Å². The summed E-state index contributed by atoms with van der Waals surface area (Å²) in [4.78, 5) is 14.4. The maximum Gasteiger partial charge on any atom is 0.238 e. The predicted molar refractivity (Wildman–Crippen MR) is 80.6 cm³/mol. The predicted octanol–water partition coefficient (Wildman–Crippen LogP) is 1.98. The molecular formula is C16H22FN3O. The van der Waals surface area contributed by atoms with E-state index in [9.17, 15) is 9.18 Å². The zero-order valence-electron chi connectivity index (χ0n) is 12.1. The number of carbonyl (C=O) groups excluding carboxylic acids is 1. The molecule has 2 heterocycles. The third kappa shape index (κ3) is 3.80. The largest absolute Gasteiger partial charge is 0.325 e. The van der Waals surface area contributed by atoms with Gasteiger partial charge in [-0.15, -0.1) is 0 Å². The molecule has 0 saturated carbocycles. The minimum atomic E-state index is -0.339. The molecule has 0 bridgehead atoms. The number of benzene rings is 1. The van der Waals surface area contributed by atoms with Gasteiger partial charge in [-0.05, 0) is 57.0 Å². The first-order valence-electron chi connectivity index (χ1n) is 7.73. The molecule has 2 fully saturated rings. The Balaban J connectivity index is 1.43. The minimum absolute atomic E-state index is 0.116. The number of halogens is 1. The van der Waals surface area contributed by atoms with E-state index < -0.39 is 0 Å². The number of amides is 1. The van der Waals surface area contributed by atoms with E-state index in [0.717, 1.165) is 19.4 Å². The summed E-state index contributed by atoms with van der Waals surface area (Å²) in [6.07, 6.45) is 4.82. The van der Waals surface area contributed by atoms with Crippen LogP contribution < -0.4 is 10.6 Å². The average molecular weight is 291 g/mol. The van der Waals surface area contributed by atoms with Gasteiger partial charge in [0.05, 0.1) is 6.54 Å². The highest BCUT2D eigenvalue weighted by Gasteiger charge is 2.31. The van der Waals surface area contributed by atoms with Crippen LogP contribution in [0.5, 0.6) is 0 Å². The molecule has 2 unspecified atom stereocenters. The average Bonchev–Trinajstić information content (AvgIpc) is 2.92. The van der Waals surface area contributed by atoms with Gasteiger partial charge in [0.15, 0.2) is 0 Å². The topological polar surface area (TPSA) is 44.4 Å². The van der Waals surface area contributed by atoms with Gasteiger partial charge in [-0.1, -0.05) is 6.07 Å². The second-order valence-corrected chi connectivity index (χ2v) is 5.99. The first-order valence-corrected chi connectivity index (χ1v) is 7.73. The van der Waals surface area contributed by atoms with Crippen molar-refractivity contribution in [3.8, 4) is 0 Å². The van der Waals surface area contributed by atoms with Crippen molar-refractivity contribution in [3.05, 3.63) is 30.1 Å². The Morgan fingerprint density at radius 2 is 2.24 bits per heavy atom. The molecule has 4 nitrogen and oxygen atoms in total. The Kier molecular flexibility index (Phi) is 4.51. The maximum atomic E-state index is 13.0. The Hall–Kier alpha value is -1.46. The molecule has 5 heteroatoms. The molecular weight excluding hydrogens is 269 g/mol. The number of carbonyl (C=O) groups is 1. The van der Waals surface area contributed by atoms with E-state index in [4.69, 9.17) is 0 Å². The fourth-order valence-corrected chi connectivity index (χ4v) is 3.42. The number of rotatable bonds is 4. The van der Waals surface area contributed by atoms with Gasteiger partial charge in [0.1, 0.15) is 5.82 Å². The molecule has 0 spiro atoms. The van der Waals surface area contributed by atoms with Crippen LogP contribution in [0.25, 0.3) is 0 Å². The Bertz CT molecular complexity index is 508.